The van der Waals surface area contributed by atoms with Gasteiger partial charge in [0.15, 0.2) is 0 Å². The van der Waals surface area contributed by atoms with E-state index in [9.17, 15) is 9.90 Å². The molecule has 2 unspecified atom stereocenters. The summed E-state index contributed by atoms with van der Waals surface area (Å²) in [5.74, 6) is -0.364. The van der Waals surface area contributed by atoms with E-state index < -0.39 is 11.5 Å². The fraction of sp³-hybridized carbons (Fsp3) is 0.938. The van der Waals surface area contributed by atoms with Gasteiger partial charge in [-0.05, 0) is 51.0 Å². The molecular formula is C16H28N2O3. The molecule has 2 N–H and O–H groups in total. The minimum atomic E-state index is -0.740. The SMILES string of the molecule is CCN(CC1CCCO1)CC(NC1CC1)(C(=O)O)C1CC1. The van der Waals surface area contributed by atoms with Gasteiger partial charge in [0.2, 0.25) is 0 Å². The van der Waals surface area contributed by atoms with Crippen molar-refractivity contribution in [3.63, 3.8) is 0 Å². The molecule has 0 radical (unpaired) electrons. The van der Waals surface area contributed by atoms with Gasteiger partial charge in [-0.1, -0.05) is 6.92 Å². The second-order valence-electron chi connectivity index (χ2n) is 6.93. The number of hydrogen-bond acceptors (Lipinski definition) is 4. The Balaban J connectivity index is 1.67. The number of carbonyl (C=O) groups is 1. The molecule has 0 bridgehead atoms. The Hall–Kier alpha value is -0.650. The Kier molecular flexibility index (Phi) is 4.52. The minimum absolute atomic E-state index is 0.288. The van der Waals surface area contributed by atoms with Crippen LogP contribution in [0.2, 0.25) is 0 Å². The molecule has 2 aliphatic carbocycles. The van der Waals surface area contributed by atoms with E-state index in [1.807, 2.05) is 0 Å². The number of ether oxygens (including phenoxy) is 1. The molecule has 1 aliphatic heterocycles. The molecule has 3 fully saturated rings. The van der Waals surface area contributed by atoms with Gasteiger partial charge < -0.3 is 9.84 Å². The summed E-state index contributed by atoms with van der Waals surface area (Å²) < 4.78 is 5.72. The predicted molar refractivity (Wildman–Crippen MR) is 80.3 cm³/mol. The van der Waals surface area contributed by atoms with Crippen LogP contribution in [0.4, 0.5) is 0 Å². The molecule has 0 aromatic carbocycles. The van der Waals surface area contributed by atoms with Gasteiger partial charge >= 0.3 is 5.97 Å². The Morgan fingerprint density at radius 3 is 2.57 bits per heavy atom. The third kappa shape index (κ3) is 3.58. The van der Waals surface area contributed by atoms with E-state index in [2.05, 4.69) is 17.1 Å². The van der Waals surface area contributed by atoms with Crippen LogP contribution in [-0.2, 0) is 9.53 Å². The van der Waals surface area contributed by atoms with Crippen LogP contribution in [0.1, 0.15) is 45.4 Å². The lowest BCUT2D eigenvalue weighted by Crippen LogP contribution is -2.62. The van der Waals surface area contributed by atoms with Gasteiger partial charge in [0.05, 0.1) is 6.10 Å². The van der Waals surface area contributed by atoms with E-state index in [1.165, 1.54) is 0 Å². The molecule has 5 heteroatoms. The molecule has 120 valence electrons. The van der Waals surface area contributed by atoms with E-state index in [1.54, 1.807) is 0 Å². The van der Waals surface area contributed by atoms with Crippen LogP contribution in [0.15, 0.2) is 0 Å². The van der Waals surface area contributed by atoms with Gasteiger partial charge in [-0.25, -0.2) is 0 Å². The number of rotatable bonds is 9. The zero-order valence-electron chi connectivity index (χ0n) is 13.0. The normalized spacial score (nSPS) is 28.8. The zero-order valence-corrected chi connectivity index (χ0v) is 13.0. The topological polar surface area (TPSA) is 61.8 Å². The summed E-state index contributed by atoms with van der Waals surface area (Å²) in [5, 5.41) is 13.4. The monoisotopic (exact) mass is 296 g/mol. The van der Waals surface area contributed by atoms with Crippen LogP contribution < -0.4 is 5.32 Å². The Bertz CT molecular complexity index is 376. The van der Waals surface area contributed by atoms with Crippen molar-refractivity contribution >= 4 is 5.97 Å². The number of carboxylic acids is 1. The summed E-state index contributed by atoms with van der Waals surface area (Å²) in [4.78, 5) is 14.3. The van der Waals surface area contributed by atoms with E-state index in [-0.39, 0.29) is 6.10 Å². The number of aliphatic carboxylic acids is 1. The molecular weight excluding hydrogens is 268 g/mol. The van der Waals surface area contributed by atoms with Crippen LogP contribution >= 0.6 is 0 Å². The van der Waals surface area contributed by atoms with E-state index in [4.69, 9.17) is 4.74 Å². The molecule has 5 nitrogen and oxygen atoms in total. The summed E-state index contributed by atoms with van der Waals surface area (Å²) in [6, 6.07) is 0.420. The number of likely N-dealkylation sites (N-methyl/N-ethyl adjacent to an activating group) is 1. The molecule has 21 heavy (non-hydrogen) atoms. The Labute approximate surface area is 127 Å². The molecule has 0 aromatic heterocycles. The van der Waals surface area contributed by atoms with Crippen LogP contribution in [0.5, 0.6) is 0 Å². The number of nitrogens with zero attached hydrogens (tertiary/aromatic N) is 1. The van der Waals surface area contributed by atoms with E-state index >= 15 is 0 Å². The highest BCUT2D eigenvalue weighted by atomic mass is 16.5. The molecule has 0 amide bonds. The van der Waals surface area contributed by atoms with Crippen molar-refractivity contribution in [1.82, 2.24) is 10.2 Å². The smallest absolute Gasteiger partial charge is 0.325 e. The maximum Gasteiger partial charge on any atom is 0.325 e. The maximum atomic E-state index is 12.0. The summed E-state index contributed by atoms with van der Waals surface area (Å²) >= 11 is 0. The van der Waals surface area contributed by atoms with Crippen molar-refractivity contribution in [2.75, 3.05) is 26.2 Å². The molecule has 2 saturated carbocycles. The third-order valence-corrected chi connectivity index (χ3v) is 5.10. The third-order valence-electron chi connectivity index (χ3n) is 5.10. The van der Waals surface area contributed by atoms with Crippen molar-refractivity contribution in [2.45, 2.75) is 63.1 Å². The highest BCUT2D eigenvalue weighted by Crippen LogP contribution is 2.42. The second-order valence-corrected chi connectivity index (χ2v) is 6.93. The summed E-state index contributed by atoms with van der Waals surface area (Å²) in [6.07, 6.45) is 6.87. The van der Waals surface area contributed by atoms with Crippen molar-refractivity contribution in [1.29, 1.82) is 0 Å². The van der Waals surface area contributed by atoms with Crippen molar-refractivity contribution < 1.29 is 14.6 Å². The van der Waals surface area contributed by atoms with Crippen LogP contribution in [0.3, 0.4) is 0 Å². The lowest BCUT2D eigenvalue weighted by molar-refractivity contribution is -0.147. The molecule has 1 heterocycles. The van der Waals surface area contributed by atoms with E-state index in [0.717, 1.165) is 58.2 Å². The first-order chi connectivity index (χ1) is 10.1. The van der Waals surface area contributed by atoms with Crippen molar-refractivity contribution in [2.24, 2.45) is 5.92 Å². The van der Waals surface area contributed by atoms with Crippen LogP contribution in [-0.4, -0.2) is 59.9 Å². The fourth-order valence-corrected chi connectivity index (χ4v) is 3.50. The summed E-state index contributed by atoms with van der Waals surface area (Å²) in [6.45, 7) is 5.33. The van der Waals surface area contributed by atoms with Gasteiger partial charge in [0.25, 0.3) is 0 Å². The van der Waals surface area contributed by atoms with Crippen molar-refractivity contribution in [3.05, 3.63) is 0 Å². The first-order valence-electron chi connectivity index (χ1n) is 8.49. The number of hydrogen-bond donors (Lipinski definition) is 2. The first kappa shape index (κ1) is 15.3. The average Bonchev–Trinajstić information content (AvgIpc) is 3.37. The number of nitrogens with one attached hydrogen (secondary N) is 1. The largest absolute Gasteiger partial charge is 0.480 e. The predicted octanol–water partition coefficient (Wildman–Crippen LogP) is 1.47. The Morgan fingerprint density at radius 2 is 2.10 bits per heavy atom. The fourth-order valence-electron chi connectivity index (χ4n) is 3.50. The molecule has 0 spiro atoms. The molecule has 0 aromatic rings. The van der Waals surface area contributed by atoms with Crippen molar-refractivity contribution in [3.8, 4) is 0 Å². The van der Waals surface area contributed by atoms with Crippen LogP contribution in [0, 0.1) is 5.92 Å². The zero-order chi connectivity index (χ0) is 14.9. The van der Waals surface area contributed by atoms with E-state index in [0.29, 0.717) is 18.5 Å². The quantitative estimate of drug-likeness (QED) is 0.675. The number of carboxylic acid groups (broad SMARTS) is 1. The lowest BCUT2D eigenvalue weighted by atomic mass is 9.91. The first-order valence-corrected chi connectivity index (χ1v) is 8.49. The second kappa shape index (κ2) is 6.23. The van der Waals surface area contributed by atoms with Gasteiger partial charge in [0, 0.05) is 25.7 Å². The highest BCUT2D eigenvalue weighted by molar-refractivity contribution is 5.80. The van der Waals surface area contributed by atoms with Crippen LogP contribution in [0.25, 0.3) is 0 Å². The van der Waals surface area contributed by atoms with Gasteiger partial charge in [0.1, 0.15) is 5.54 Å². The molecule has 1 saturated heterocycles. The van der Waals surface area contributed by atoms with Gasteiger partial charge in [-0.3, -0.25) is 15.0 Å². The highest BCUT2D eigenvalue weighted by Gasteiger charge is 2.53. The van der Waals surface area contributed by atoms with Gasteiger partial charge in [-0.15, -0.1) is 0 Å². The average molecular weight is 296 g/mol. The lowest BCUT2D eigenvalue weighted by Gasteiger charge is -2.37. The maximum absolute atomic E-state index is 12.0. The Morgan fingerprint density at radius 1 is 1.33 bits per heavy atom. The summed E-state index contributed by atoms with van der Waals surface area (Å²) in [7, 11) is 0. The summed E-state index contributed by atoms with van der Waals surface area (Å²) in [5.41, 5.74) is -0.740. The molecule has 2 atom stereocenters. The minimum Gasteiger partial charge on any atom is -0.480 e. The molecule has 3 aliphatic rings. The standard InChI is InChI=1S/C16H28N2O3/c1-2-18(10-14-4-3-9-21-14)11-16(15(19)20,12-5-6-12)17-13-7-8-13/h12-14,17H,2-11H2,1H3,(H,19,20). The molecule has 3 rings (SSSR count). The van der Waals surface area contributed by atoms with Gasteiger partial charge in [-0.2, -0.15) is 0 Å².